The number of hydrogen-bond donors (Lipinski definition) is 2. The molecule has 3 rings (SSSR count). The fourth-order valence-corrected chi connectivity index (χ4v) is 2.85. The number of halogens is 2. The van der Waals surface area contributed by atoms with E-state index in [0.717, 1.165) is 22.0 Å². The average Bonchev–Trinajstić information content (AvgIpc) is 2.91. The SMILES string of the molecule is Cc1cc(NC(=S)Nc2ccccc2Cl)nn1Cc1ccc(Cl)cc1. The molecule has 0 radical (unpaired) electrons. The van der Waals surface area contributed by atoms with Crippen molar-refractivity contribution in [3.63, 3.8) is 0 Å². The van der Waals surface area contributed by atoms with Crippen LogP contribution in [0.2, 0.25) is 10.0 Å². The van der Waals surface area contributed by atoms with E-state index in [4.69, 9.17) is 35.4 Å². The van der Waals surface area contributed by atoms with Crippen LogP contribution >= 0.6 is 35.4 Å². The largest absolute Gasteiger partial charge is 0.331 e. The van der Waals surface area contributed by atoms with Gasteiger partial charge in [-0.15, -0.1) is 0 Å². The zero-order valence-electron chi connectivity index (χ0n) is 13.5. The van der Waals surface area contributed by atoms with Crippen LogP contribution < -0.4 is 10.6 Å². The van der Waals surface area contributed by atoms with Gasteiger partial charge in [0.1, 0.15) is 0 Å². The van der Waals surface area contributed by atoms with Gasteiger partial charge in [-0.05, 0) is 49.0 Å². The van der Waals surface area contributed by atoms with Crippen molar-refractivity contribution in [3.8, 4) is 0 Å². The van der Waals surface area contributed by atoms with E-state index in [1.165, 1.54) is 0 Å². The Hall–Kier alpha value is -2.08. The topological polar surface area (TPSA) is 41.9 Å². The number of thiocarbonyl (C=S) groups is 1. The highest BCUT2D eigenvalue weighted by molar-refractivity contribution is 7.80. The number of anilines is 2. The lowest BCUT2D eigenvalue weighted by molar-refractivity contribution is 0.668. The molecule has 0 amide bonds. The number of nitrogens with one attached hydrogen (secondary N) is 2. The highest BCUT2D eigenvalue weighted by Gasteiger charge is 2.08. The van der Waals surface area contributed by atoms with Gasteiger partial charge < -0.3 is 10.6 Å². The molecule has 0 aliphatic rings. The molecular weight excluding hydrogens is 375 g/mol. The molecule has 7 heteroatoms. The first kappa shape index (κ1) is 17.7. The average molecular weight is 391 g/mol. The highest BCUT2D eigenvalue weighted by Crippen LogP contribution is 2.21. The standard InChI is InChI=1S/C18H16Cl2N4S/c1-12-10-17(22-18(25)21-16-5-3-2-4-15(16)20)23-24(12)11-13-6-8-14(19)9-7-13/h2-10H,11H2,1H3,(H2,21,22,23,25). The molecule has 128 valence electrons. The van der Waals surface area contributed by atoms with Crippen LogP contribution in [0.4, 0.5) is 11.5 Å². The minimum Gasteiger partial charge on any atom is -0.331 e. The minimum absolute atomic E-state index is 0.434. The van der Waals surface area contributed by atoms with Gasteiger partial charge in [0, 0.05) is 16.8 Å². The van der Waals surface area contributed by atoms with Gasteiger partial charge in [-0.1, -0.05) is 47.5 Å². The van der Waals surface area contributed by atoms with Gasteiger partial charge in [-0.3, -0.25) is 4.68 Å². The third-order valence-corrected chi connectivity index (χ3v) is 4.38. The molecule has 3 aromatic rings. The number of benzene rings is 2. The quantitative estimate of drug-likeness (QED) is 0.588. The summed E-state index contributed by atoms with van der Waals surface area (Å²) in [6.45, 7) is 2.66. The fraction of sp³-hybridized carbons (Fsp3) is 0.111. The van der Waals surface area contributed by atoms with Crippen molar-refractivity contribution >= 4 is 52.0 Å². The number of rotatable bonds is 4. The maximum Gasteiger partial charge on any atom is 0.176 e. The van der Waals surface area contributed by atoms with Crippen LogP contribution in [0.25, 0.3) is 0 Å². The second-order valence-electron chi connectivity index (χ2n) is 5.51. The van der Waals surface area contributed by atoms with Crippen LogP contribution in [0.1, 0.15) is 11.3 Å². The van der Waals surface area contributed by atoms with E-state index >= 15 is 0 Å². The van der Waals surface area contributed by atoms with E-state index in [1.54, 1.807) is 6.07 Å². The van der Waals surface area contributed by atoms with Gasteiger partial charge in [0.2, 0.25) is 0 Å². The molecule has 1 aromatic heterocycles. The molecule has 0 bridgehead atoms. The molecule has 4 nitrogen and oxygen atoms in total. The molecular formula is C18H16Cl2N4S. The van der Waals surface area contributed by atoms with Crippen LogP contribution in [0.15, 0.2) is 54.6 Å². The first-order valence-electron chi connectivity index (χ1n) is 7.63. The molecule has 0 unspecified atom stereocenters. The maximum atomic E-state index is 6.12. The summed E-state index contributed by atoms with van der Waals surface area (Å²) in [6.07, 6.45) is 0. The molecule has 2 aromatic carbocycles. The summed E-state index contributed by atoms with van der Waals surface area (Å²) in [4.78, 5) is 0. The smallest absolute Gasteiger partial charge is 0.176 e. The first-order valence-corrected chi connectivity index (χ1v) is 8.79. The van der Waals surface area contributed by atoms with Gasteiger partial charge in [-0.2, -0.15) is 5.10 Å². The van der Waals surface area contributed by atoms with E-state index in [9.17, 15) is 0 Å². The van der Waals surface area contributed by atoms with Crippen molar-refractivity contribution in [2.45, 2.75) is 13.5 Å². The predicted molar refractivity (Wildman–Crippen MR) is 109 cm³/mol. The first-order chi connectivity index (χ1) is 12.0. The fourth-order valence-electron chi connectivity index (χ4n) is 2.33. The number of aromatic nitrogens is 2. The Bertz CT molecular complexity index is 890. The molecule has 0 atom stereocenters. The summed E-state index contributed by atoms with van der Waals surface area (Å²) in [7, 11) is 0. The van der Waals surface area contributed by atoms with Crippen LogP contribution in [0.3, 0.4) is 0 Å². The molecule has 0 spiro atoms. The van der Waals surface area contributed by atoms with Crippen molar-refractivity contribution in [1.29, 1.82) is 0 Å². The summed E-state index contributed by atoms with van der Waals surface area (Å²) in [5.74, 6) is 0.677. The molecule has 0 saturated carbocycles. The third-order valence-electron chi connectivity index (χ3n) is 3.59. The summed E-state index contributed by atoms with van der Waals surface area (Å²) < 4.78 is 1.91. The Morgan fingerprint density at radius 2 is 1.80 bits per heavy atom. The Morgan fingerprint density at radius 1 is 1.08 bits per heavy atom. The van der Waals surface area contributed by atoms with Crippen LogP contribution in [0.5, 0.6) is 0 Å². The van der Waals surface area contributed by atoms with Gasteiger partial charge in [-0.25, -0.2) is 0 Å². The lowest BCUT2D eigenvalue weighted by Gasteiger charge is -2.09. The lowest BCUT2D eigenvalue weighted by Crippen LogP contribution is -2.19. The molecule has 0 saturated heterocycles. The molecule has 0 aliphatic carbocycles. The van der Waals surface area contributed by atoms with E-state index in [-0.39, 0.29) is 0 Å². The van der Waals surface area contributed by atoms with Crippen LogP contribution in [0, 0.1) is 6.92 Å². The Balaban J connectivity index is 1.66. The Morgan fingerprint density at radius 3 is 2.52 bits per heavy atom. The van der Waals surface area contributed by atoms with Crippen molar-refractivity contribution in [2.75, 3.05) is 10.6 Å². The molecule has 2 N–H and O–H groups in total. The lowest BCUT2D eigenvalue weighted by atomic mass is 10.2. The number of aryl methyl sites for hydroxylation is 1. The minimum atomic E-state index is 0.434. The Kier molecular flexibility index (Phi) is 5.58. The van der Waals surface area contributed by atoms with E-state index < -0.39 is 0 Å². The summed E-state index contributed by atoms with van der Waals surface area (Å²) in [5.41, 5.74) is 2.90. The second-order valence-corrected chi connectivity index (χ2v) is 6.77. The van der Waals surface area contributed by atoms with E-state index in [1.807, 2.05) is 60.1 Å². The zero-order valence-corrected chi connectivity index (χ0v) is 15.8. The number of nitrogens with zero attached hydrogens (tertiary/aromatic N) is 2. The normalized spacial score (nSPS) is 10.5. The monoisotopic (exact) mass is 390 g/mol. The van der Waals surface area contributed by atoms with Crippen LogP contribution in [-0.4, -0.2) is 14.9 Å². The molecule has 0 aliphatic heterocycles. The van der Waals surface area contributed by atoms with Crippen molar-refractivity contribution in [1.82, 2.24) is 9.78 Å². The van der Waals surface area contributed by atoms with Gasteiger partial charge in [0.15, 0.2) is 10.9 Å². The van der Waals surface area contributed by atoms with Gasteiger partial charge in [0.25, 0.3) is 0 Å². The molecule has 0 fully saturated rings. The summed E-state index contributed by atoms with van der Waals surface area (Å²) in [5, 5.41) is 12.5. The van der Waals surface area contributed by atoms with Gasteiger partial charge in [0.05, 0.1) is 17.3 Å². The predicted octanol–water partition coefficient (Wildman–Crippen LogP) is 5.36. The number of para-hydroxylation sites is 1. The summed E-state index contributed by atoms with van der Waals surface area (Å²) >= 11 is 17.4. The van der Waals surface area contributed by atoms with Gasteiger partial charge >= 0.3 is 0 Å². The van der Waals surface area contributed by atoms with E-state index in [0.29, 0.717) is 22.5 Å². The molecule has 25 heavy (non-hydrogen) atoms. The highest BCUT2D eigenvalue weighted by atomic mass is 35.5. The van der Waals surface area contributed by atoms with Crippen LogP contribution in [-0.2, 0) is 6.54 Å². The molecule has 1 heterocycles. The zero-order chi connectivity index (χ0) is 17.8. The Labute approximate surface area is 161 Å². The third kappa shape index (κ3) is 4.72. The van der Waals surface area contributed by atoms with Crippen molar-refractivity contribution in [2.24, 2.45) is 0 Å². The summed E-state index contributed by atoms with van der Waals surface area (Å²) in [6, 6.07) is 17.1. The van der Waals surface area contributed by atoms with E-state index in [2.05, 4.69) is 15.7 Å². The van der Waals surface area contributed by atoms with Crippen molar-refractivity contribution < 1.29 is 0 Å². The van der Waals surface area contributed by atoms with Crippen molar-refractivity contribution in [3.05, 3.63) is 75.9 Å². The number of hydrogen-bond acceptors (Lipinski definition) is 2. The maximum absolute atomic E-state index is 6.12. The second kappa shape index (κ2) is 7.87.